The van der Waals surface area contributed by atoms with Gasteiger partial charge in [-0.2, -0.15) is 0 Å². The summed E-state index contributed by atoms with van der Waals surface area (Å²) in [5.74, 6) is -1.21. The number of nitrogens with zero attached hydrogens (tertiary/aromatic N) is 2. The smallest absolute Gasteiger partial charge is 0.262 e. The van der Waals surface area contributed by atoms with Gasteiger partial charge in [-0.15, -0.1) is 0 Å². The molecule has 1 aliphatic rings. The first-order chi connectivity index (χ1) is 14.6. The molecule has 6 heteroatoms. The summed E-state index contributed by atoms with van der Waals surface area (Å²) in [5, 5.41) is 2.88. The second kappa shape index (κ2) is 8.69. The first kappa shape index (κ1) is 19.5. The number of carbonyl (C=O) groups is 3. The van der Waals surface area contributed by atoms with Gasteiger partial charge in [0.05, 0.1) is 11.1 Å². The van der Waals surface area contributed by atoms with E-state index in [2.05, 4.69) is 10.3 Å². The van der Waals surface area contributed by atoms with Gasteiger partial charge in [0.15, 0.2) is 0 Å². The molecule has 2 heterocycles. The van der Waals surface area contributed by atoms with Crippen LogP contribution in [-0.2, 0) is 11.2 Å². The van der Waals surface area contributed by atoms with E-state index in [1.807, 2.05) is 48.5 Å². The second-order valence-corrected chi connectivity index (χ2v) is 7.18. The molecule has 4 rings (SSSR count). The van der Waals surface area contributed by atoms with Crippen LogP contribution in [0.25, 0.3) is 0 Å². The van der Waals surface area contributed by atoms with E-state index in [-0.39, 0.29) is 18.4 Å². The molecule has 0 saturated heterocycles. The molecule has 1 aliphatic heterocycles. The largest absolute Gasteiger partial charge is 0.354 e. The van der Waals surface area contributed by atoms with Crippen LogP contribution in [0.1, 0.15) is 37.9 Å². The lowest BCUT2D eigenvalue weighted by molar-refractivity contribution is -0.121. The lowest BCUT2D eigenvalue weighted by Crippen LogP contribution is -2.41. The molecular weight excluding hydrogens is 378 g/mol. The number of nitrogens with one attached hydrogen (secondary N) is 1. The lowest BCUT2D eigenvalue weighted by Gasteiger charge is -2.19. The van der Waals surface area contributed by atoms with E-state index in [1.54, 1.807) is 30.5 Å². The molecule has 1 N–H and O–H groups in total. The van der Waals surface area contributed by atoms with E-state index in [0.29, 0.717) is 24.1 Å². The molecule has 0 aliphatic carbocycles. The summed E-state index contributed by atoms with van der Waals surface area (Å²) in [6, 6.07) is 22.3. The number of benzene rings is 2. The van der Waals surface area contributed by atoms with E-state index in [9.17, 15) is 14.4 Å². The molecule has 3 aromatic rings. The average Bonchev–Trinajstić information content (AvgIpc) is 3.03. The Labute approximate surface area is 174 Å². The Kier molecular flexibility index (Phi) is 5.66. The van der Waals surface area contributed by atoms with Crippen molar-refractivity contribution in [1.82, 2.24) is 15.2 Å². The van der Waals surface area contributed by atoms with Crippen LogP contribution in [0.2, 0.25) is 0 Å². The number of imide groups is 1. The van der Waals surface area contributed by atoms with Crippen molar-refractivity contribution in [2.75, 3.05) is 13.1 Å². The number of rotatable bonds is 7. The molecule has 30 heavy (non-hydrogen) atoms. The Bertz CT molecular complexity index is 1030. The third kappa shape index (κ3) is 4.12. The maximum Gasteiger partial charge on any atom is 0.262 e. The highest BCUT2D eigenvalue weighted by molar-refractivity contribution is 6.22. The number of carbonyl (C=O) groups excluding carboxylic acids is 3. The molecule has 0 bridgehead atoms. The average molecular weight is 399 g/mol. The minimum atomic E-state index is -0.432. The van der Waals surface area contributed by atoms with Crippen molar-refractivity contribution in [3.8, 4) is 0 Å². The van der Waals surface area contributed by atoms with Gasteiger partial charge in [-0.1, -0.05) is 48.5 Å². The van der Waals surface area contributed by atoms with Crippen molar-refractivity contribution in [2.45, 2.75) is 12.3 Å². The predicted octanol–water partition coefficient (Wildman–Crippen LogP) is 2.82. The predicted molar refractivity (Wildman–Crippen MR) is 112 cm³/mol. The van der Waals surface area contributed by atoms with E-state index in [0.717, 1.165) is 16.2 Å². The topological polar surface area (TPSA) is 79.4 Å². The van der Waals surface area contributed by atoms with Crippen molar-refractivity contribution in [1.29, 1.82) is 0 Å². The molecule has 2 aromatic carbocycles. The van der Waals surface area contributed by atoms with Gasteiger partial charge >= 0.3 is 0 Å². The second-order valence-electron chi connectivity index (χ2n) is 7.18. The fourth-order valence-electron chi connectivity index (χ4n) is 3.62. The Hall–Kier alpha value is -3.80. The van der Waals surface area contributed by atoms with Crippen molar-refractivity contribution < 1.29 is 14.4 Å². The molecule has 0 radical (unpaired) electrons. The van der Waals surface area contributed by atoms with Crippen molar-refractivity contribution in [2.24, 2.45) is 0 Å². The van der Waals surface area contributed by atoms with E-state index in [1.165, 1.54) is 0 Å². The minimum absolute atomic E-state index is 0.0206. The zero-order chi connectivity index (χ0) is 20.9. The van der Waals surface area contributed by atoms with E-state index >= 15 is 0 Å². The summed E-state index contributed by atoms with van der Waals surface area (Å²) in [5.41, 5.74) is 2.70. The number of fused-ring (bicyclic) bond motifs is 1. The SMILES string of the molecule is O=C(CN1C(=O)c2ccccc2C1=O)NCC(Cc1ccccn1)c1ccccc1. The normalized spacial score (nSPS) is 13.8. The Morgan fingerprint density at radius 3 is 2.13 bits per heavy atom. The summed E-state index contributed by atoms with van der Waals surface area (Å²) < 4.78 is 0. The molecule has 1 aromatic heterocycles. The summed E-state index contributed by atoms with van der Waals surface area (Å²) in [4.78, 5) is 42.9. The zero-order valence-corrected chi connectivity index (χ0v) is 16.3. The highest BCUT2D eigenvalue weighted by Crippen LogP contribution is 2.22. The molecule has 0 spiro atoms. The molecule has 1 atom stereocenters. The van der Waals surface area contributed by atoms with Crippen LogP contribution in [-0.4, -0.2) is 40.7 Å². The number of hydrogen-bond donors (Lipinski definition) is 1. The van der Waals surface area contributed by atoms with Crippen LogP contribution >= 0.6 is 0 Å². The maximum absolute atomic E-state index is 12.6. The van der Waals surface area contributed by atoms with Crippen LogP contribution in [0.4, 0.5) is 0 Å². The first-order valence-corrected chi connectivity index (χ1v) is 9.80. The van der Waals surface area contributed by atoms with Crippen LogP contribution in [0.3, 0.4) is 0 Å². The molecule has 1 unspecified atom stereocenters. The monoisotopic (exact) mass is 399 g/mol. The van der Waals surface area contributed by atoms with Gasteiger partial charge in [0.1, 0.15) is 6.54 Å². The van der Waals surface area contributed by atoms with Crippen molar-refractivity contribution in [3.63, 3.8) is 0 Å². The fraction of sp³-hybridized carbons (Fsp3) is 0.167. The standard InChI is InChI=1S/C24H21N3O3/c28-22(16-27-23(29)20-11-4-5-12-21(20)24(27)30)26-15-18(17-8-2-1-3-9-17)14-19-10-6-7-13-25-19/h1-13,18H,14-16H2,(H,26,28). The molecule has 0 fully saturated rings. The van der Waals surface area contributed by atoms with Gasteiger partial charge in [0.25, 0.3) is 11.8 Å². The Morgan fingerprint density at radius 1 is 0.867 bits per heavy atom. The molecule has 0 saturated carbocycles. The minimum Gasteiger partial charge on any atom is -0.354 e. The van der Waals surface area contributed by atoms with Crippen molar-refractivity contribution in [3.05, 3.63) is 101 Å². The third-order valence-electron chi connectivity index (χ3n) is 5.18. The van der Waals surface area contributed by atoms with Gasteiger partial charge in [-0.3, -0.25) is 24.3 Å². The summed E-state index contributed by atoms with van der Waals surface area (Å²) in [6.07, 6.45) is 2.41. The van der Waals surface area contributed by atoms with Crippen molar-refractivity contribution >= 4 is 17.7 Å². The third-order valence-corrected chi connectivity index (χ3v) is 5.18. The lowest BCUT2D eigenvalue weighted by atomic mass is 9.94. The van der Waals surface area contributed by atoms with Gasteiger partial charge in [-0.05, 0) is 36.2 Å². The summed E-state index contributed by atoms with van der Waals surface area (Å²) in [7, 11) is 0. The summed E-state index contributed by atoms with van der Waals surface area (Å²) >= 11 is 0. The van der Waals surface area contributed by atoms with Gasteiger partial charge < -0.3 is 5.32 Å². The zero-order valence-electron chi connectivity index (χ0n) is 16.3. The number of pyridine rings is 1. The number of aromatic nitrogens is 1. The Balaban J connectivity index is 1.42. The molecule has 150 valence electrons. The highest BCUT2D eigenvalue weighted by Gasteiger charge is 2.36. The highest BCUT2D eigenvalue weighted by atomic mass is 16.2. The fourth-order valence-corrected chi connectivity index (χ4v) is 3.62. The van der Waals surface area contributed by atoms with Crippen LogP contribution in [0.5, 0.6) is 0 Å². The van der Waals surface area contributed by atoms with Crippen LogP contribution < -0.4 is 5.32 Å². The van der Waals surface area contributed by atoms with Crippen LogP contribution in [0.15, 0.2) is 79.0 Å². The van der Waals surface area contributed by atoms with Crippen LogP contribution in [0, 0.1) is 0 Å². The number of amides is 3. The quantitative estimate of drug-likeness (QED) is 0.620. The first-order valence-electron chi connectivity index (χ1n) is 9.80. The molecular formula is C24H21N3O3. The van der Waals surface area contributed by atoms with Gasteiger partial charge in [0.2, 0.25) is 5.91 Å². The van der Waals surface area contributed by atoms with E-state index in [4.69, 9.17) is 0 Å². The summed E-state index contributed by atoms with van der Waals surface area (Å²) in [6.45, 7) is 0.0834. The molecule has 6 nitrogen and oxygen atoms in total. The Morgan fingerprint density at radius 2 is 1.50 bits per heavy atom. The van der Waals surface area contributed by atoms with Gasteiger partial charge in [0, 0.05) is 24.4 Å². The van der Waals surface area contributed by atoms with Gasteiger partial charge in [-0.25, -0.2) is 0 Å². The molecule has 3 amide bonds. The maximum atomic E-state index is 12.6. The van der Waals surface area contributed by atoms with E-state index < -0.39 is 11.8 Å². The number of hydrogen-bond acceptors (Lipinski definition) is 4.